The molecule has 1 unspecified atom stereocenters. The van der Waals surface area contributed by atoms with E-state index < -0.39 is 0 Å². The number of rotatable bonds is 7. The summed E-state index contributed by atoms with van der Waals surface area (Å²) in [6.45, 7) is 16.8. The molecule has 0 aliphatic heterocycles. The van der Waals surface area contributed by atoms with Gasteiger partial charge in [0.05, 0.1) is 6.10 Å². The minimum Gasteiger partial charge on any atom is -0.393 e. The summed E-state index contributed by atoms with van der Waals surface area (Å²) < 4.78 is 0. The molecule has 0 heterocycles. The zero-order valence-electron chi connectivity index (χ0n) is 21.4. The number of aliphatic hydroxyl groups excluding tert-OH is 1. The van der Waals surface area contributed by atoms with E-state index in [0.29, 0.717) is 16.7 Å². The molecule has 178 valence electrons. The molecule has 0 spiro atoms. The fourth-order valence-electron chi connectivity index (χ4n) is 9.98. The van der Waals surface area contributed by atoms with Crippen molar-refractivity contribution in [2.75, 3.05) is 0 Å². The van der Waals surface area contributed by atoms with Crippen molar-refractivity contribution in [3.63, 3.8) is 0 Å². The molecule has 0 aromatic rings. The van der Waals surface area contributed by atoms with Gasteiger partial charge in [0.25, 0.3) is 0 Å². The minimum atomic E-state index is -0.0571. The van der Waals surface area contributed by atoms with Crippen LogP contribution in [0.3, 0.4) is 0 Å². The minimum absolute atomic E-state index is 0.0571. The molecule has 0 aromatic heterocycles. The first-order valence-corrected chi connectivity index (χ1v) is 14.0. The smallest absolute Gasteiger partial charge is 0.0543 e. The van der Waals surface area contributed by atoms with Gasteiger partial charge in [-0.3, -0.25) is 0 Å². The fraction of sp³-hybridized carbons (Fsp3) is 0.933. The lowest BCUT2D eigenvalue weighted by Gasteiger charge is -2.63. The van der Waals surface area contributed by atoms with E-state index in [-0.39, 0.29) is 6.10 Å². The second kappa shape index (κ2) is 9.15. The number of aliphatic hydroxyl groups is 1. The third-order valence-electron chi connectivity index (χ3n) is 11.5. The fourth-order valence-corrected chi connectivity index (χ4v) is 9.98. The van der Waals surface area contributed by atoms with Gasteiger partial charge in [-0.1, -0.05) is 60.0 Å². The Labute approximate surface area is 193 Å². The summed E-state index contributed by atoms with van der Waals surface area (Å²) >= 11 is 0. The summed E-state index contributed by atoms with van der Waals surface area (Å²) in [4.78, 5) is 0. The lowest BCUT2D eigenvalue weighted by atomic mass is 9.42. The van der Waals surface area contributed by atoms with Crippen LogP contribution in [-0.2, 0) is 0 Å². The molecule has 0 aromatic carbocycles. The molecule has 0 amide bonds. The van der Waals surface area contributed by atoms with E-state index in [0.717, 1.165) is 60.7 Å². The van der Waals surface area contributed by atoms with Crippen molar-refractivity contribution >= 4 is 0 Å². The summed E-state index contributed by atoms with van der Waals surface area (Å²) in [5, 5.41) is 10.5. The highest BCUT2D eigenvalue weighted by atomic mass is 16.3. The lowest BCUT2D eigenvalue weighted by Crippen LogP contribution is -2.56. The molecule has 1 heteroatoms. The normalized spacial score (nSPS) is 48.0. The number of allylic oxidation sites excluding steroid dienone is 1. The number of hydrogen-bond donors (Lipinski definition) is 1. The summed E-state index contributed by atoms with van der Waals surface area (Å²) in [5.41, 5.74) is 1.03. The largest absolute Gasteiger partial charge is 0.393 e. The van der Waals surface area contributed by atoms with Gasteiger partial charge in [0.1, 0.15) is 0 Å². The molecular weight excluding hydrogens is 376 g/mol. The Balaban J connectivity index is 1.53. The van der Waals surface area contributed by atoms with Gasteiger partial charge in [0.2, 0.25) is 0 Å². The van der Waals surface area contributed by atoms with Crippen molar-refractivity contribution < 1.29 is 5.11 Å². The first-order valence-electron chi connectivity index (χ1n) is 14.0. The third kappa shape index (κ3) is 4.20. The number of hydrogen-bond acceptors (Lipinski definition) is 1. The molecule has 31 heavy (non-hydrogen) atoms. The van der Waals surface area contributed by atoms with Crippen LogP contribution in [0.5, 0.6) is 0 Å². The molecule has 4 aliphatic carbocycles. The van der Waals surface area contributed by atoms with Gasteiger partial charge in [-0.05, 0) is 116 Å². The van der Waals surface area contributed by atoms with Gasteiger partial charge >= 0.3 is 0 Å². The molecule has 1 nitrogen and oxygen atoms in total. The number of fused-ring (bicyclic) bond motifs is 5. The zero-order chi connectivity index (χ0) is 22.4. The molecule has 0 radical (unpaired) electrons. The SMILES string of the molecule is C=CC[C@@H]1C[C@H]2[C@@H]3CC[C@H]([C@H](C)CCCC(C)C)[C@@]3(C)CC[C@@H]2[C@@]2(C)CC[C@@H](O)CC12. The van der Waals surface area contributed by atoms with E-state index in [4.69, 9.17) is 0 Å². The molecule has 4 fully saturated rings. The van der Waals surface area contributed by atoms with Gasteiger partial charge < -0.3 is 5.11 Å². The second-order valence-corrected chi connectivity index (χ2v) is 13.5. The van der Waals surface area contributed by atoms with Gasteiger partial charge in [0, 0.05) is 0 Å². The van der Waals surface area contributed by atoms with Crippen LogP contribution in [0.4, 0.5) is 0 Å². The van der Waals surface area contributed by atoms with Gasteiger partial charge in [0.15, 0.2) is 0 Å². The van der Waals surface area contributed by atoms with E-state index in [1.807, 2.05) is 0 Å². The highest BCUT2D eigenvalue weighted by Gasteiger charge is 2.62. The maximum Gasteiger partial charge on any atom is 0.0543 e. The maximum atomic E-state index is 10.5. The molecule has 0 bridgehead atoms. The van der Waals surface area contributed by atoms with Crippen LogP contribution in [0.1, 0.15) is 112 Å². The third-order valence-corrected chi connectivity index (χ3v) is 11.5. The predicted molar refractivity (Wildman–Crippen MR) is 133 cm³/mol. The summed E-state index contributed by atoms with van der Waals surface area (Å²) in [6.07, 6.45) is 18.2. The van der Waals surface area contributed by atoms with Gasteiger partial charge in [-0.2, -0.15) is 0 Å². The molecule has 0 saturated heterocycles. The van der Waals surface area contributed by atoms with Crippen molar-refractivity contribution in [1.29, 1.82) is 0 Å². The van der Waals surface area contributed by atoms with E-state index in [2.05, 4.69) is 47.3 Å². The summed E-state index contributed by atoms with van der Waals surface area (Å²) in [6, 6.07) is 0. The quantitative estimate of drug-likeness (QED) is 0.404. The van der Waals surface area contributed by atoms with E-state index in [1.165, 1.54) is 57.8 Å². The van der Waals surface area contributed by atoms with Crippen molar-refractivity contribution in [3.05, 3.63) is 12.7 Å². The highest BCUT2D eigenvalue weighted by molar-refractivity contribution is 5.11. The van der Waals surface area contributed by atoms with Crippen LogP contribution in [0, 0.1) is 58.2 Å². The Kier molecular flexibility index (Phi) is 7.04. The molecule has 10 atom stereocenters. The van der Waals surface area contributed by atoms with Gasteiger partial charge in [-0.25, -0.2) is 0 Å². The van der Waals surface area contributed by atoms with Crippen LogP contribution in [0.2, 0.25) is 0 Å². The molecule has 1 N–H and O–H groups in total. The Morgan fingerprint density at radius 2 is 1.61 bits per heavy atom. The molecule has 4 rings (SSSR count). The Morgan fingerprint density at radius 1 is 0.903 bits per heavy atom. The predicted octanol–water partition coefficient (Wildman–Crippen LogP) is 8.27. The van der Waals surface area contributed by atoms with Crippen molar-refractivity contribution in [2.45, 2.75) is 118 Å². The van der Waals surface area contributed by atoms with Crippen LogP contribution < -0.4 is 0 Å². The van der Waals surface area contributed by atoms with Crippen molar-refractivity contribution in [1.82, 2.24) is 0 Å². The molecular formula is C30H52O. The zero-order valence-corrected chi connectivity index (χ0v) is 21.4. The second-order valence-electron chi connectivity index (χ2n) is 13.5. The van der Waals surface area contributed by atoms with E-state index in [9.17, 15) is 5.11 Å². The first kappa shape index (κ1) is 23.8. The average Bonchev–Trinajstić information content (AvgIpc) is 3.06. The van der Waals surface area contributed by atoms with Crippen LogP contribution in [0.15, 0.2) is 12.7 Å². The van der Waals surface area contributed by atoms with E-state index in [1.54, 1.807) is 0 Å². The highest BCUT2D eigenvalue weighted by Crippen LogP contribution is 2.69. The van der Waals surface area contributed by atoms with Crippen molar-refractivity contribution in [3.8, 4) is 0 Å². The summed E-state index contributed by atoms with van der Waals surface area (Å²) in [7, 11) is 0. The summed E-state index contributed by atoms with van der Waals surface area (Å²) in [5.74, 6) is 6.93. The topological polar surface area (TPSA) is 20.2 Å². The van der Waals surface area contributed by atoms with Crippen LogP contribution in [0.25, 0.3) is 0 Å². The van der Waals surface area contributed by atoms with Crippen molar-refractivity contribution in [2.24, 2.45) is 58.2 Å². The Morgan fingerprint density at radius 3 is 2.32 bits per heavy atom. The van der Waals surface area contributed by atoms with Crippen LogP contribution in [-0.4, -0.2) is 11.2 Å². The maximum absolute atomic E-state index is 10.5. The Bertz CT molecular complexity index is 624. The van der Waals surface area contributed by atoms with Crippen LogP contribution >= 0.6 is 0 Å². The molecule has 4 aliphatic rings. The van der Waals surface area contributed by atoms with E-state index >= 15 is 0 Å². The van der Waals surface area contributed by atoms with Gasteiger partial charge in [-0.15, -0.1) is 6.58 Å². The standard InChI is InChI=1S/C30H52O/c1-7-9-22-18-24-26-13-12-25(21(4)11-8-10-20(2)3)29(26,5)17-15-27(24)30(6)16-14-23(31)19-28(22)30/h7,20-28,31H,1,8-19H2,2-6H3/t21-,22-,23-,24+,25-,26+,27+,28?,29-,30-/m1/s1. The molecule has 4 saturated carbocycles. The lowest BCUT2D eigenvalue weighted by molar-refractivity contribution is -0.151. The Hall–Kier alpha value is -0.300. The first-order chi connectivity index (χ1) is 14.7. The monoisotopic (exact) mass is 428 g/mol. The average molecular weight is 429 g/mol.